The quantitative estimate of drug-likeness (QED) is 0.599. The number of aryl methyl sites for hydroxylation is 1. The Kier molecular flexibility index (Phi) is 5.25. The summed E-state index contributed by atoms with van der Waals surface area (Å²) in [6, 6.07) is 15.2. The van der Waals surface area contributed by atoms with Gasteiger partial charge in [0.25, 0.3) is 0 Å². The highest BCUT2D eigenvalue weighted by atomic mass is 32.2. The van der Waals surface area contributed by atoms with Crippen LogP contribution in [-0.4, -0.2) is 38.4 Å². The number of ether oxygens (including phenoxy) is 1. The zero-order valence-electron chi connectivity index (χ0n) is 14.7. The monoisotopic (exact) mass is 371 g/mol. The molecule has 0 unspecified atom stereocenters. The molecule has 0 spiro atoms. The summed E-state index contributed by atoms with van der Waals surface area (Å²) < 4.78 is 32.6. The molecule has 0 fully saturated rings. The Balaban J connectivity index is 2.01. The van der Waals surface area contributed by atoms with Crippen LogP contribution in [0.25, 0.3) is 0 Å². The molecular formula is C20H21NO4S. The van der Waals surface area contributed by atoms with Gasteiger partial charge in [-0.3, -0.25) is 4.79 Å². The number of hydrogen-bond donors (Lipinski definition) is 0. The summed E-state index contributed by atoms with van der Waals surface area (Å²) in [4.78, 5) is 12.7. The highest BCUT2D eigenvalue weighted by Crippen LogP contribution is 2.32. The van der Waals surface area contributed by atoms with Crippen LogP contribution in [0, 0.1) is 6.92 Å². The van der Waals surface area contributed by atoms with E-state index in [1.165, 1.54) is 11.4 Å². The van der Waals surface area contributed by atoms with Crippen LogP contribution in [0.4, 0.5) is 0 Å². The van der Waals surface area contributed by atoms with Gasteiger partial charge < -0.3 is 4.74 Å². The fourth-order valence-corrected chi connectivity index (χ4v) is 4.71. The largest absolute Gasteiger partial charge is 0.468 e. The van der Waals surface area contributed by atoms with Crippen LogP contribution in [0.1, 0.15) is 17.0 Å². The molecule has 0 radical (unpaired) electrons. The Morgan fingerprint density at radius 3 is 2.38 bits per heavy atom. The van der Waals surface area contributed by atoms with Crippen molar-refractivity contribution in [1.82, 2.24) is 4.31 Å². The van der Waals surface area contributed by atoms with E-state index in [-0.39, 0.29) is 11.4 Å². The average molecular weight is 371 g/mol. The van der Waals surface area contributed by atoms with Crippen molar-refractivity contribution in [3.8, 4) is 0 Å². The predicted molar refractivity (Wildman–Crippen MR) is 99.2 cm³/mol. The number of nitrogens with zero attached hydrogens (tertiary/aromatic N) is 1. The zero-order valence-corrected chi connectivity index (χ0v) is 15.5. The summed E-state index contributed by atoms with van der Waals surface area (Å²) >= 11 is 0. The van der Waals surface area contributed by atoms with Gasteiger partial charge in [0.1, 0.15) is 5.92 Å². The number of benzene rings is 2. The molecule has 2 aromatic carbocycles. The minimum atomic E-state index is -3.74. The molecule has 1 aliphatic heterocycles. The third-order valence-electron chi connectivity index (χ3n) is 4.53. The number of hydrogen-bond acceptors (Lipinski definition) is 4. The van der Waals surface area contributed by atoms with E-state index < -0.39 is 28.0 Å². The first-order valence-electron chi connectivity index (χ1n) is 8.33. The molecule has 2 aromatic rings. The van der Waals surface area contributed by atoms with Crippen molar-refractivity contribution >= 4 is 16.0 Å². The van der Waals surface area contributed by atoms with Gasteiger partial charge in [-0.05, 0) is 24.6 Å². The lowest BCUT2D eigenvalue weighted by Crippen LogP contribution is -2.42. The SMILES string of the molecule is COC(=O)[C@H](c1ccccc1)[C@H]1C=CCN1S(=O)(=O)c1ccc(C)cc1. The zero-order chi connectivity index (χ0) is 18.7. The van der Waals surface area contributed by atoms with Crippen molar-refractivity contribution in [3.63, 3.8) is 0 Å². The van der Waals surface area contributed by atoms with E-state index in [1.807, 2.05) is 37.3 Å². The maximum absolute atomic E-state index is 13.1. The predicted octanol–water partition coefficient (Wildman–Crippen LogP) is 2.88. The summed E-state index contributed by atoms with van der Waals surface area (Å²) in [6.45, 7) is 2.13. The molecule has 0 aromatic heterocycles. The molecule has 1 aliphatic rings. The highest BCUT2D eigenvalue weighted by molar-refractivity contribution is 7.89. The van der Waals surface area contributed by atoms with Crippen LogP contribution in [-0.2, 0) is 19.6 Å². The van der Waals surface area contributed by atoms with Crippen LogP contribution in [0.15, 0.2) is 71.6 Å². The second-order valence-corrected chi connectivity index (χ2v) is 8.11. The van der Waals surface area contributed by atoms with E-state index in [2.05, 4.69) is 0 Å². The molecule has 5 nitrogen and oxygen atoms in total. The van der Waals surface area contributed by atoms with Gasteiger partial charge in [0, 0.05) is 6.54 Å². The minimum Gasteiger partial charge on any atom is -0.468 e. The van der Waals surface area contributed by atoms with E-state index >= 15 is 0 Å². The number of carbonyl (C=O) groups excluding carboxylic acids is 1. The first-order chi connectivity index (χ1) is 12.4. The van der Waals surface area contributed by atoms with Crippen molar-refractivity contribution in [1.29, 1.82) is 0 Å². The Morgan fingerprint density at radius 2 is 1.77 bits per heavy atom. The van der Waals surface area contributed by atoms with Crippen molar-refractivity contribution in [2.75, 3.05) is 13.7 Å². The van der Waals surface area contributed by atoms with Crippen LogP contribution in [0.3, 0.4) is 0 Å². The third kappa shape index (κ3) is 3.43. The highest BCUT2D eigenvalue weighted by Gasteiger charge is 2.41. The number of rotatable bonds is 5. The van der Waals surface area contributed by atoms with E-state index in [1.54, 1.807) is 36.4 Å². The first kappa shape index (κ1) is 18.4. The summed E-state index contributed by atoms with van der Waals surface area (Å²) in [7, 11) is -2.42. The van der Waals surface area contributed by atoms with Gasteiger partial charge in [-0.25, -0.2) is 8.42 Å². The van der Waals surface area contributed by atoms with Crippen molar-refractivity contribution in [2.45, 2.75) is 23.8 Å². The fraction of sp³-hybridized carbons (Fsp3) is 0.250. The molecule has 136 valence electrons. The Labute approximate surface area is 154 Å². The molecule has 6 heteroatoms. The van der Waals surface area contributed by atoms with Crippen molar-refractivity contribution in [3.05, 3.63) is 77.9 Å². The van der Waals surface area contributed by atoms with Gasteiger partial charge in [0.2, 0.25) is 10.0 Å². The summed E-state index contributed by atoms with van der Waals surface area (Å²) in [5, 5.41) is 0. The minimum absolute atomic E-state index is 0.216. The number of methoxy groups -OCH3 is 1. The Hall–Kier alpha value is -2.44. The van der Waals surface area contributed by atoms with Gasteiger partial charge >= 0.3 is 5.97 Å². The maximum Gasteiger partial charge on any atom is 0.315 e. The molecule has 0 bridgehead atoms. The Bertz CT molecular complexity index is 905. The topological polar surface area (TPSA) is 63.7 Å². The van der Waals surface area contributed by atoms with E-state index in [4.69, 9.17) is 4.74 Å². The van der Waals surface area contributed by atoms with Gasteiger partial charge in [-0.2, -0.15) is 4.31 Å². The lowest BCUT2D eigenvalue weighted by molar-refractivity contribution is -0.143. The molecular weight excluding hydrogens is 350 g/mol. The summed E-state index contributed by atoms with van der Waals surface area (Å²) in [6.07, 6.45) is 3.54. The molecule has 1 heterocycles. The summed E-state index contributed by atoms with van der Waals surface area (Å²) in [5.74, 6) is -1.18. The molecule has 0 aliphatic carbocycles. The van der Waals surface area contributed by atoms with E-state index in [0.29, 0.717) is 0 Å². The Morgan fingerprint density at radius 1 is 1.12 bits per heavy atom. The number of carbonyl (C=O) groups is 1. The van der Waals surface area contributed by atoms with Gasteiger partial charge in [0.05, 0.1) is 18.0 Å². The molecule has 0 amide bonds. The average Bonchev–Trinajstić information content (AvgIpc) is 3.13. The van der Waals surface area contributed by atoms with E-state index in [9.17, 15) is 13.2 Å². The standard InChI is InChI=1S/C20H21NO4S/c1-15-10-12-17(13-11-15)26(23,24)21-14-6-9-18(21)19(20(22)25-2)16-7-4-3-5-8-16/h3-13,18-19H,14H2,1-2H3/t18-,19-/m1/s1. The third-order valence-corrected chi connectivity index (χ3v) is 6.41. The van der Waals surface area contributed by atoms with Crippen molar-refractivity contribution in [2.24, 2.45) is 0 Å². The van der Waals surface area contributed by atoms with Gasteiger partial charge in [0.15, 0.2) is 0 Å². The normalized spacial score (nSPS) is 18.6. The molecule has 0 saturated heterocycles. The fourth-order valence-electron chi connectivity index (χ4n) is 3.16. The van der Waals surface area contributed by atoms with Gasteiger partial charge in [-0.1, -0.05) is 60.2 Å². The van der Waals surface area contributed by atoms with E-state index in [0.717, 1.165) is 11.1 Å². The van der Waals surface area contributed by atoms with Crippen LogP contribution in [0.5, 0.6) is 0 Å². The van der Waals surface area contributed by atoms with Crippen LogP contribution in [0.2, 0.25) is 0 Å². The molecule has 26 heavy (non-hydrogen) atoms. The maximum atomic E-state index is 13.1. The van der Waals surface area contributed by atoms with Gasteiger partial charge in [-0.15, -0.1) is 0 Å². The summed E-state index contributed by atoms with van der Waals surface area (Å²) in [5.41, 5.74) is 1.71. The molecule has 2 atom stereocenters. The van der Waals surface area contributed by atoms with Crippen molar-refractivity contribution < 1.29 is 17.9 Å². The first-order valence-corrected chi connectivity index (χ1v) is 9.77. The van der Waals surface area contributed by atoms with Crippen LogP contribution >= 0.6 is 0 Å². The number of esters is 1. The molecule has 0 saturated carbocycles. The van der Waals surface area contributed by atoms with Crippen LogP contribution < -0.4 is 0 Å². The number of sulfonamides is 1. The lowest BCUT2D eigenvalue weighted by Gasteiger charge is -2.29. The second-order valence-electron chi connectivity index (χ2n) is 6.22. The molecule has 3 rings (SSSR count). The molecule has 0 N–H and O–H groups in total. The second kappa shape index (κ2) is 7.43. The lowest BCUT2D eigenvalue weighted by atomic mass is 9.92. The smallest absolute Gasteiger partial charge is 0.315 e.